The van der Waals surface area contributed by atoms with Gasteiger partial charge >= 0.3 is 0 Å². The number of aryl methyl sites for hydroxylation is 2. The first-order chi connectivity index (χ1) is 11.9. The van der Waals surface area contributed by atoms with Crippen molar-refractivity contribution in [2.45, 2.75) is 13.8 Å². The summed E-state index contributed by atoms with van der Waals surface area (Å²) >= 11 is 1.16. The number of hydrogen-bond donors (Lipinski definition) is 1. The molecule has 0 fully saturated rings. The molecule has 0 aliphatic carbocycles. The van der Waals surface area contributed by atoms with Crippen LogP contribution in [0.3, 0.4) is 0 Å². The first-order valence-electron chi connectivity index (χ1n) is 7.40. The van der Waals surface area contributed by atoms with E-state index >= 15 is 0 Å². The first-order valence-corrected chi connectivity index (χ1v) is 8.22. The summed E-state index contributed by atoms with van der Waals surface area (Å²) < 4.78 is 5.75. The number of fused-ring (bicyclic) bond motifs is 1. The minimum absolute atomic E-state index is 0.0833. The molecule has 1 aromatic heterocycles. The van der Waals surface area contributed by atoms with Crippen molar-refractivity contribution >= 4 is 38.3 Å². The third-order valence-corrected chi connectivity index (χ3v) is 4.78. The van der Waals surface area contributed by atoms with Crippen LogP contribution in [0.5, 0.6) is 5.75 Å². The highest BCUT2D eigenvalue weighted by molar-refractivity contribution is 7.22. The van der Waals surface area contributed by atoms with Gasteiger partial charge < -0.3 is 4.74 Å². The van der Waals surface area contributed by atoms with Crippen LogP contribution in [0.4, 0.5) is 10.8 Å². The molecule has 1 amide bonds. The molecule has 0 saturated heterocycles. The maximum Gasteiger partial charge on any atom is 0.274 e. The number of nitrogens with one attached hydrogen (secondary N) is 1. The van der Waals surface area contributed by atoms with Crippen LogP contribution in [0.15, 0.2) is 30.3 Å². The maximum atomic E-state index is 12.4. The molecule has 0 bridgehead atoms. The van der Waals surface area contributed by atoms with Crippen molar-refractivity contribution < 1.29 is 14.5 Å². The van der Waals surface area contributed by atoms with Crippen LogP contribution in [-0.4, -0.2) is 22.9 Å². The molecule has 25 heavy (non-hydrogen) atoms. The lowest BCUT2D eigenvalue weighted by atomic mass is 10.1. The number of non-ortho nitro benzene ring substituents is 1. The summed E-state index contributed by atoms with van der Waals surface area (Å²) in [5.74, 6) is 0.0164. The fourth-order valence-corrected chi connectivity index (χ4v) is 3.26. The second kappa shape index (κ2) is 6.48. The molecule has 3 rings (SSSR count). The Morgan fingerprint density at radius 1 is 1.24 bits per heavy atom. The number of methoxy groups -OCH3 is 1. The van der Waals surface area contributed by atoms with Gasteiger partial charge in [-0.25, -0.2) is 4.98 Å². The average molecular weight is 357 g/mol. The predicted molar refractivity (Wildman–Crippen MR) is 96.7 cm³/mol. The standard InChI is InChI=1S/C17H15N3O4S/c1-9-4-5-11(6-10(9)2)16(21)19-17-18-15-13(24-3)7-12(20(22)23)8-14(15)25-17/h4-8H,1-3H3,(H,18,19,21). The normalized spacial score (nSPS) is 10.7. The van der Waals surface area contributed by atoms with E-state index in [0.717, 1.165) is 22.5 Å². The summed E-state index contributed by atoms with van der Waals surface area (Å²) in [5, 5.41) is 14.1. The molecule has 0 spiro atoms. The Bertz CT molecular complexity index is 997. The molecule has 128 valence electrons. The van der Waals surface area contributed by atoms with Crippen LogP contribution in [0.1, 0.15) is 21.5 Å². The molecule has 0 saturated carbocycles. The summed E-state index contributed by atoms with van der Waals surface area (Å²) in [6.07, 6.45) is 0. The third kappa shape index (κ3) is 3.29. The van der Waals surface area contributed by atoms with Gasteiger partial charge in [0.2, 0.25) is 0 Å². The summed E-state index contributed by atoms with van der Waals surface area (Å²) in [6.45, 7) is 3.91. The van der Waals surface area contributed by atoms with Crippen LogP contribution in [0.25, 0.3) is 10.2 Å². The summed E-state index contributed by atoms with van der Waals surface area (Å²) in [5.41, 5.74) is 3.05. The number of carbonyl (C=O) groups is 1. The van der Waals surface area contributed by atoms with Crippen molar-refractivity contribution in [1.82, 2.24) is 4.98 Å². The maximum absolute atomic E-state index is 12.4. The van der Waals surface area contributed by atoms with Crippen molar-refractivity contribution in [3.05, 3.63) is 57.1 Å². The van der Waals surface area contributed by atoms with E-state index in [4.69, 9.17) is 4.74 Å². The Hall–Kier alpha value is -3.00. The Morgan fingerprint density at radius 3 is 2.64 bits per heavy atom. The van der Waals surface area contributed by atoms with Crippen molar-refractivity contribution in [3.8, 4) is 5.75 Å². The molecule has 3 aromatic rings. The van der Waals surface area contributed by atoms with Gasteiger partial charge in [0.25, 0.3) is 11.6 Å². The van der Waals surface area contributed by atoms with Crippen LogP contribution in [0.2, 0.25) is 0 Å². The fraction of sp³-hybridized carbons (Fsp3) is 0.176. The van der Waals surface area contributed by atoms with E-state index in [-0.39, 0.29) is 11.6 Å². The smallest absolute Gasteiger partial charge is 0.274 e. The number of amides is 1. The quantitative estimate of drug-likeness (QED) is 0.561. The number of benzene rings is 2. The Labute approximate surface area is 147 Å². The highest BCUT2D eigenvalue weighted by Crippen LogP contribution is 2.36. The molecular formula is C17H15N3O4S. The fourth-order valence-electron chi connectivity index (χ4n) is 2.35. The van der Waals surface area contributed by atoms with E-state index in [1.54, 1.807) is 6.07 Å². The van der Waals surface area contributed by atoms with Gasteiger partial charge in [-0.2, -0.15) is 0 Å². The molecule has 7 nitrogen and oxygen atoms in total. The number of nitro groups is 1. The molecule has 0 radical (unpaired) electrons. The minimum atomic E-state index is -0.491. The third-order valence-electron chi connectivity index (χ3n) is 3.87. The van der Waals surface area contributed by atoms with Gasteiger partial charge in [-0.3, -0.25) is 20.2 Å². The monoisotopic (exact) mass is 357 g/mol. The van der Waals surface area contributed by atoms with Gasteiger partial charge in [0.1, 0.15) is 5.52 Å². The SMILES string of the molecule is COc1cc([N+](=O)[O-])cc2sc(NC(=O)c3ccc(C)c(C)c3)nc12. The molecule has 1 N–H and O–H groups in total. The lowest BCUT2D eigenvalue weighted by Gasteiger charge is -2.04. The molecule has 0 unspecified atom stereocenters. The van der Waals surface area contributed by atoms with Gasteiger partial charge in [0.05, 0.1) is 22.8 Å². The lowest BCUT2D eigenvalue weighted by Crippen LogP contribution is -2.11. The Kier molecular flexibility index (Phi) is 4.37. The van der Waals surface area contributed by atoms with Crippen molar-refractivity contribution in [1.29, 1.82) is 0 Å². The highest BCUT2D eigenvalue weighted by atomic mass is 32.1. The van der Waals surface area contributed by atoms with Crippen LogP contribution in [-0.2, 0) is 0 Å². The number of rotatable bonds is 4. The zero-order valence-corrected chi connectivity index (χ0v) is 14.6. The van der Waals surface area contributed by atoms with Crippen molar-refractivity contribution in [2.75, 3.05) is 12.4 Å². The second-order valence-electron chi connectivity index (χ2n) is 5.52. The Morgan fingerprint density at radius 2 is 2.00 bits per heavy atom. The second-order valence-corrected chi connectivity index (χ2v) is 6.55. The number of ether oxygens (including phenoxy) is 1. The minimum Gasteiger partial charge on any atom is -0.494 e. The van der Waals surface area contributed by atoms with Gasteiger partial charge in [0.15, 0.2) is 10.9 Å². The molecule has 0 aliphatic heterocycles. The van der Waals surface area contributed by atoms with Crippen LogP contribution in [0, 0.1) is 24.0 Å². The van der Waals surface area contributed by atoms with Gasteiger partial charge in [-0.15, -0.1) is 0 Å². The van der Waals surface area contributed by atoms with E-state index in [1.807, 2.05) is 26.0 Å². The number of hydrogen-bond acceptors (Lipinski definition) is 6. The van der Waals surface area contributed by atoms with E-state index in [2.05, 4.69) is 10.3 Å². The summed E-state index contributed by atoms with van der Waals surface area (Å²) in [6, 6.07) is 8.17. The molecule has 1 heterocycles. The largest absolute Gasteiger partial charge is 0.494 e. The zero-order chi connectivity index (χ0) is 18.1. The number of anilines is 1. The number of nitro benzene ring substituents is 1. The molecular weight excluding hydrogens is 342 g/mol. The summed E-state index contributed by atoms with van der Waals surface area (Å²) in [7, 11) is 1.42. The molecule has 8 heteroatoms. The topological polar surface area (TPSA) is 94.4 Å². The van der Waals surface area contributed by atoms with E-state index in [1.165, 1.54) is 19.2 Å². The van der Waals surface area contributed by atoms with E-state index in [9.17, 15) is 14.9 Å². The van der Waals surface area contributed by atoms with Gasteiger partial charge in [-0.1, -0.05) is 17.4 Å². The number of thiazole rings is 1. The number of aromatic nitrogens is 1. The average Bonchev–Trinajstić information content (AvgIpc) is 2.98. The zero-order valence-electron chi connectivity index (χ0n) is 13.8. The number of nitrogens with zero attached hydrogens (tertiary/aromatic N) is 2. The van der Waals surface area contributed by atoms with Crippen LogP contribution >= 0.6 is 11.3 Å². The number of carbonyl (C=O) groups excluding carboxylic acids is 1. The molecule has 2 aromatic carbocycles. The highest BCUT2D eigenvalue weighted by Gasteiger charge is 2.17. The van der Waals surface area contributed by atoms with Gasteiger partial charge in [0, 0.05) is 11.6 Å². The summed E-state index contributed by atoms with van der Waals surface area (Å²) in [4.78, 5) is 27.2. The Balaban J connectivity index is 1.95. The van der Waals surface area contributed by atoms with E-state index < -0.39 is 4.92 Å². The van der Waals surface area contributed by atoms with Gasteiger partial charge in [-0.05, 0) is 37.1 Å². The van der Waals surface area contributed by atoms with Crippen LogP contribution < -0.4 is 10.1 Å². The molecule has 0 atom stereocenters. The first kappa shape index (κ1) is 16.8. The predicted octanol–water partition coefficient (Wildman–Crippen LogP) is 4.08. The van der Waals surface area contributed by atoms with Crippen molar-refractivity contribution in [2.24, 2.45) is 0 Å². The van der Waals surface area contributed by atoms with Crippen molar-refractivity contribution in [3.63, 3.8) is 0 Å². The molecule has 0 aliphatic rings. The van der Waals surface area contributed by atoms with E-state index in [0.29, 0.717) is 26.7 Å². The lowest BCUT2D eigenvalue weighted by molar-refractivity contribution is -0.384.